The molecule has 0 spiro atoms. The summed E-state index contributed by atoms with van der Waals surface area (Å²) >= 11 is 0. The van der Waals surface area contributed by atoms with E-state index < -0.39 is 0 Å². The molecule has 0 radical (unpaired) electrons. The molecule has 1 aromatic heterocycles. The van der Waals surface area contributed by atoms with E-state index in [1.165, 1.54) is 5.56 Å². The van der Waals surface area contributed by atoms with Crippen molar-refractivity contribution in [2.45, 2.75) is 58.8 Å². The fraction of sp³-hybridized carbons (Fsp3) is 0.500. The van der Waals surface area contributed by atoms with E-state index in [1.54, 1.807) is 0 Å². The number of benzene rings is 1. The average molecular weight is 312 g/mol. The van der Waals surface area contributed by atoms with Crippen molar-refractivity contribution in [3.8, 4) is 0 Å². The van der Waals surface area contributed by atoms with Crippen molar-refractivity contribution in [3.05, 3.63) is 47.8 Å². The molecule has 122 valence electrons. The number of aryl methyl sites for hydroxylation is 1. The SMILES string of the molecule is Cc1nn(C(C)c2ccccc2)cc1B1OC(C)(C)C(C)(C)O1. The van der Waals surface area contributed by atoms with Crippen molar-refractivity contribution in [2.75, 3.05) is 0 Å². The third-order valence-electron chi connectivity index (χ3n) is 5.14. The Balaban J connectivity index is 1.88. The third-order valence-corrected chi connectivity index (χ3v) is 5.14. The largest absolute Gasteiger partial charge is 0.498 e. The first kappa shape index (κ1) is 16.3. The van der Waals surface area contributed by atoms with Gasteiger partial charge < -0.3 is 9.31 Å². The van der Waals surface area contributed by atoms with Crippen LogP contribution in [0.25, 0.3) is 0 Å². The fourth-order valence-corrected chi connectivity index (χ4v) is 2.78. The maximum atomic E-state index is 6.15. The van der Waals surface area contributed by atoms with Crippen LogP contribution in [-0.4, -0.2) is 28.1 Å². The number of hydrogen-bond acceptors (Lipinski definition) is 3. The summed E-state index contributed by atoms with van der Waals surface area (Å²) < 4.78 is 14.3. The van der Waals surface area contributed by atoms with Crippen molar-refractivity contribution in [1.82, 2.24) is 9.78 Å². The molecule has 0 N–H and O–H groups in total. The van der Waals surface area contributed by atoms with E-state index in [2.05, 4.69) is 70.2 Å². The van der Waals surface area contributed by atoms with Crippen molar-refractivity contribution in [1.29, 1.82) is 0 Å². The highest BCUT2D eigenvalue weighted by Crippen LogP contribution is 2.36. The second-order valence-electron chi connectivity index (χ2n) is 7.32. The van der Waals surface area contributed by atoms with Crippen molar-refractivity contribution in [3.63, 3.8) is 0 Å². The molecule has 1 atom stereocenters. The lowest BCUT2D eigenvalue weighted by molar-refractivity contribution is 0.00578. The molecule has 1 unspecified atom stereocenters. The highest BCUT2D eigenvalue weighted by molar-refractivity contribution is 6.62. The third kappa shape index (κ3) is 2.84. The molecular weight excluding hydrogens is 287 g/mol. The van der Waals surface area contributed by atoms with Gasteiger partial charge in [0.05, 0.1) is 22.9 Å². The number of hydrogen-bond donors (Lipinski definition) is 0. The van der Waals surface area contributed by atoms with Crippen LogP contribution < -0.4 is 5.46 Å². The zero-order chi connectivity index (χ0) is 16.8. The molecule has 0 amide bonds. The van der Waals surface area contributed by atoms with Gasteiger partial charge in [-0.3, -0.25) is 4.68 Å². The van der Waals surface area contributed by atoms with Crippen LogP contribution in [0.3, 0.4) is 0 Å². The zero-order valence-electron chi connectivity index (χ0n) is 14.8. The van der Waals surface area contributed by atoms with Gasteiger partial charge in [-0.05, 0) is 47.1 Å². The van der Waals surface area contributed by atoms with E-state index in [0.717, 1.165) is 11.2 Å². The van der Waals surface area contributed by atoms with Gasteiger partial charge in [0.2, 0.25) is 0 Å². The molecule has 5 heteroatoms. The van der Waals surface area contributed by atoms with E-state index in [-0.39, 0.29) is 24.4 Å². The maximum Gasteiger partial charge on any atom is 0.498 e. The Morgan fingerprint density at radius 1 is 1.04 bits per heavy atom. The number of rotatable bonds is 3. The zero-order valence-corrected chi connectivity index (χ0v) is 14.8. The summed E-state index contributed by atoms with van der Waals surface area (Å²) in [6.07, 6.45) is 2.05. The lowest BCUT2D eigenvalue weighted by Crippen LogP contribution is -2.41. The molecule has 1 fully saturated rings. The van der Waals surface area contributed by atoms with Gasteiger partial charge in [-0.15, -0.1) is 0 Å². The summed E-state index contributed by atoms with van der Waals surface area (Å²) in [5, 5.41) is 4.68. The number of aromatic nitrogens is 2. The molecular formula is C18H25BN2O2. The fourth-order valence-electron chi connectivity index (χ4n) is 2.78. The quantitative estimate of drug-likeness (QED) is 0.817. The number of nitrogens with zero attached hydrogens (tertiary/aromatic N) is 2. The Morgan fingerprint density at radius 3 is 2.17 bits per heavy atom. The van der Waals surface area contributed by atoms with Gasteiger partial charge in [0.25, 0.3) is 0 Å². The predicted octanol–water partition coefficient (Wildman–Crippen LogP) is 3.10. The van der Waals surface area contributed by atoms with E-state index in [1.807, 2.05) is 17.7 Å². The smallest absolute Gasteiger partial charge is 0.399 e. The topological polar surface area (TPSA) is 36.3 Å². The Morgan fingerprint density at radius 2 is 1.61 bits per heavy atom. The van der Waals surface area contributed by atoms with Crippen molar-refractivity contribution < 1.29 is 9.31 Å². The summed E-state index contributed by atoms with van der Waals surface area (Å²) in [4.78, 5) is 0. The molecule has 1 saturated heterocycles. The van der Waals surface area contributed by atoms with Crippen LogP contribution in [0, 0.1) is 6.92 Å². The van der Waals surface area contributed by atoms with Crippen LogP contribution in [0.1, 0.15) is 51.9 Å². The Hall–Kier alpha value is -1.59. The molecule has 2 heterocycles. The maximum absolute atomic E-state index is 6.15. The molecule has 23 heavy (non-hydrogen) atoms. The highest BCUT2D eigenvalue weighted by Gasteiger charge is 2.52. The molecule has 0 saturated carbocycles. The molecule has 2 aromatic rings. The summed E-state index contributed by atoms with van der Waals surface area (Å²) in [5.74, 6) is 0. The van der Waals surface area contributed by atoms with Gasteiger partial charge in [0.1, 0.15) is 0 Å². The molecule has 1 aliphatic heterocycles. The first-order valence-corrected chi connectivity index (χ1v) is 8.17. The summed E-state index contributed by atoms with van der Waals surface area (Å²) in [6.45, 7) is 12.4. The van der Waals surface area contributed by atoms with E-state index in [0.29, 0.717) is 0 Å². The first-order chi connectivity index (χ1) is 10.7. The summed E-state index contributed by atoms with van der Waals surface area (Å²) in [7, 11) is -0.364. The minimum absolute atomic E-state index is 0.172. The second kappa shape index (κ2) is 5.50. The lowest BCUT2D eigenvalue weighted by Gasteiger charge is -2.32. The summed E-state index contributed by atoms with van der Waals surface area (Å²) in [5.41, 5.74) is 2.52. The molecule has 0 aliphatic carbocycles. The molecule has 0 bridgehead atoms. The first-order valence-electron chi connectivity index (χ1n) is 8.17. The molecule has 1 aliphatic rings. The second-order valence-corrected chi connectivity index (χ2v) is 7.32. The van der Waals surface area contributed by atoms with Crippen LogP contribution in [-0.2, 0) is 9.31 Å². The van der Waals surface area contributed by atoms with Crippen LogP contribution in [0.15, 0.2) is 36.5 Å². The van der Waals surface area contributed by atoms with Gasteiger partial charge in [-0.2, -0.15) is 5.10 Å². The van der Waals surface area contributed by atoms with Crippen molar-refractivity contribution in [2.24, 2.45) is 0 Å². The molecule has 3 rings (SSSR count). The Labute approximate surface area is 138 Å². The van der Waals surface area contributed by atoms with E-state index in [9.17, 15) is 0 Å². The van der Waals surface area contributed by atoms with Crippen LogP contribution in [0.2, 0.25) is 0 Å². The predicted molar refractivity (Wildman–Crippen MR) is 92.9 cm³/mol. The normalized spacial score (nSPS) is 20.7. The summed E-state index contributed by atoms with van der Waals surface area (Å²) in [6, 6.07) is 10.5. The monoisotopic (exact) mass is 312 g/mol. The van der Waals surface area contributed by atoms with Gasteiger partial charge in [0, 0.05) is 11.7 Å². The standard InChI is InChI=1S/C18H25BN2O2/c1-13-16(19-22-17(3,4)18(5,6)23-19)12-21(20-13)14(2)15-10-8-7-9-11-15/h7-12,14H,1-6H3. The van der Waals surface area contributed by atoms with E-state index >= 15 is 0 Å². The van der Waals surface area contributed by atoms with Crippen LogP contribution in [0.4, 0.5) is 0 Å². The Bertz CT molecular complexity index is 678. The average Bonchev–Trinajstić information content (AvgIpc) is 2.97. The van der Waals surface area contributed by atoms with Gasteiger partial charge in [-0.25, -0.2) is 0 Å². The molecule has 4 nitrogen and oxygen atoms in total. The van der Waals surface area contributed by atoms with Gasteiger partial charge >= 0.3 is 7.12 Å². The minimum Gasteiger partial charge on any atom is -0.399 e. The van der Waals surface area contributed by atoms with Crippen LogP contribution in [0.5, 0.6) is 0 Å². The molecule has 1 aromatic carbocycles. The highest BCUT2D eigenvalue weighted by atomic mass is 16.7. The van der Waals surface area contributed by atoms with Gasteiger partial charge in [0.15, 0.2) is 0 Å². The van der Waals surface area contributed by atoms with E-state index in [4.69, 9.17) is 9.31 Å². The van der Waals surface area contributed by atoms with Crippen LogP contribution >= 0.6 is 0 Å². The lowest BCUT2D eigenvalue weighted by atomic mass is 9.79. The Kier molecular flexibility index (Phi) is 3.89. The van der Waals surface area contributed by atoms with Gasteiger partial charge in [-0.1, -0.05) is 30.3 Å². The minimum atomic E-state index is -0.364. The van der Waals surface area contributed by atoms with Crippen molar-refractivity contribution >= 4 is 12.6 Å².